The van der Waals surface area contributed by atoms with Gasteiger partial charge < -0.3 is 19.6 Å². The summed E-state index contributed by atoms with van der Waals surface area (Å²) in [4.78, 5) is 19.6. The van der Waals surface area contributed by atoms with E-state index in [9.17, 15) is 18.0 Å². The standard InChI is InChI=1S/C22H19F3N4O2/c1-12-15-5-6-26-19(15)4-3-18(12)27-22-28-21(30)14(11-31-2)10-29(22)9-13-7-16(23)20(25)17(24)8-13/h3-8,10,26H,9,11H2,1-2H3,(H,27,28,30). The van der Waals surface area contributed by atoms with Gasteiger partial charge in [0.2, 0.25) is 5.95 Å². The van der Waals surface area contributed by atoms with Crippen LogP contribution in [0.25, 0.3) is 10.9 Å². The van der Waals surface area contributed by atoms with Gasteiger partial charge in [-0.05, 0) is 48.4 Å². The normalized spacial score (nSPS) is 11.3. The van der Waals surface area contributed by atoms with Crippen molar-refractivity contribution >= 4 is 22.5 Å². The van der Waals surface area contributed by atoms with Crippen molar-refractivity contribution in [3.05, 3.63) is 87.2 Å². The van der Waals surface area contributed by atoms with Crippen LogP contribution in [0.5, 0.6) is 0 Å². The molecule has 2 aromatic heterocycles. The highest BCUT2D eigenvalue weighted by Gasteiger charge is 2.15. The van der Waals surface area contributed by atoms with Crippen LogP contribution in [0.4, 0.5) is 24.8 Å². The van der Waals surface area contributed by atoms with Crippen LogP contribution in [0.3, 0.4) is 0 Å². The fourth-order valence-corrected chi connectivity index (χ4v) is 3.45. The Balaban J connectivity index is 1.78. The monoisotopic (exact) mass is 428 g/mol. The minimum Gasteiger partial charge on any atom is -0.380 e. The second-order valence-electron chi connectivity index (χ2n) is 7.13. The maximum absolute atomic E-state index is 13.7. The lowest BCUT2D eigenvalue weighted by atomic mass is 10.1. The highest BCUT2D eigenvalue weighted by molar-refractivity contribution is 5.88. The predicted octanol–water partition coefficient (Wildman–Crippen LogP) is 4.39. The number of ether oxygens (including phenoxy) is 1. The molecule has 9 heteroatoms. The van der Waals surface area contributed by atoms with Crippen LogP contribution in [-0.4, -0.2) is 21.6 Å². The summed E-state index contributed by atoms with van der Waals surface area (Å²) in [7, 11) is 1.44. The summed E-state index contributed by atoms with van der Waals surface area (Å²) < 4.78 is 47.3. The minimum absolute atomic E-state index is 0.0204. The first-order valence-corrected chi connectivity index (χ1v) is 9.44. The summed E-state index contributed by atoms with van der Waals surface area (Å²) in [5.74, 6) is -3.93. The van der Waals surface area contributed by atoms with Gasteiger partial charge in [0.1, 0.15) is 0 Å². The van der Waals surface area contributed by atoms with Crippen LogP contribution in [0.1, 0.15) is 16.7 Å². The molecule has 0 unspecified atom stereocenters. The Morgan fingerprint density at radius 3 is 2.61 bits per heavy atom. The van der Waals surface area contributed by atoms with Gasteiger partial charge in [0.25, 0.3) is 5.56 Å². The first-order chi connectivity index (χ1) is 14.9. The molecule has 0 aliphatic heterocycles. The molecule has 2 aromatic carbocycles. The Morgan fingerprint density at radius 1 is 1.16 bits per heavy atom. The van der Waals surface area contributed by atoms with Crippen LogP contribution in [0.2, 0.25) is 0 Å². The van der Waals surface area contributed by atoms with Crippen molar-refractivity contribution < 1.29 is 17.9 Å². The molecule has 0 radical (unpaired) electrons. The largest absolute Gasteiger partial charge is 0.380 e. The summed E-state index contributed by atoms with van der Waals surface area (Å²) >= 11 is 0. The zero-order valence-electron chi connectivity index (χ0n) is 16.8. The van der Waals surface area contributed by atoms with Gasteiger partial charge in [-0.3, -0.25) is 4.79 Å². The van der Waals surface area contributed by atoms with Gasteiger partial charge >= 0.3 is 0 Å². The molecule has 31 heavy (non-hydrogen) atoms. The van der Waals surface area contributed by atoms with Crippen LogP contribution in [0, 0.1) is 24.4 Å². The summed E-state index contributed by atoms with van der Waals surface area (Å²) in [6.07, 6.45) is 3.33. The molecule has 0 aliphatic carbocycles. The molecule has 0 saturated carbocycles. The average molecular weight is 428 g/mol. The molecule has 0 fully saturated rings. The van der Waals surface area contributed by atoms with Crippen molar-refractivity contribution in [1.82, 2.24) is 14.5 Å². The van der Waals surface area contributed by atoms with Crippen molar-refractivity contribution in [3.8, 4) is 0 Å². The lowest BCUT2D eigenvalue weighted by molar-refractivity contribution is 0.183. The maximum atomic E-state index is 13.7. The lowest BCUT2D eigenvalue weighted by Gasteiger charge is -2.17. The van der Waals surface area contributed by atoms with Crippen molar-refractivity contribution in [2.45, 2.75) is 20.1 Å². The smallest absolute Gasteiger partial charge is 0.279 e. The predicted molar refractivity (Wildman–Crippen MR) is 111 cm³/mol. The summed E-state index contributed by atoms with van der Waals surface area (Å²) in [5, 5.41) is 4.13. The molecule has 0 amide bonds. The number of nitrogens with zero attached hydrogens (tertiary/aromatic N) is 2. The Bertz CT molecular complexity index is 1310. The molecular weight excluding hydrogens is 409 g/mol. The number of rotatable bonds is 6. The number of aryl methyl sites for hydroxylation is 1. The number of anilines is 2. The third-order valence-corrected chi connectivity index (χ3v) is 5.01. The zero-order chi connectivity index (χ0) is 22.1. The maximum Gasteiger partial charge on any atom is 0.279 e. The first-order valence-electron chi connectivity index (χ1n) is 9.44. The average Bonchev–Trinajstić information content (AvgIpc) is 3.21. The fraction of sp³-hybridized carbons (Fsp3) is 0.182. The third-order valence-electron chi connectivity index (χ3n) is 5.01. The highest BCUT2D eigenvalue weighted by atomic mass is 19.2. The Morgan fingerprint density at radius 2 is 1.90 bits per heavy atom. The summed E-state index contributed by atoms with van der Waals surface area (Å²) in [5.41, 5.74) is 2.56. The number of halogens is 3. The zero-order valence-corrected chi connectivity index (χ0v) is 16.8. The van der Waals surface area contributed by atoms with Crippen LogP contribution in [-0.2, 0) is 17.9 Å². The van der Waals surface area contributed by atoms with Crippen LogP contribution >= 0.6 is 0 Å². The van der Waals surface area contributed by atoms with Gasteiger partial charge in [-0.1, -0.05) is 0 Å². The number of H-pyrrole nitrogens is 1. The van der Waals surface area contributed by atoms with Gasteiger partial charge in [-0.15, -0.1) is 0 Å². The van der Waals surface area contributed by atoms with Crippen molar-refractivity contribution in [1.29, 1.82) is 0 Å². The van der Waals surface area contributed by atoms with E-state index in [0.717, 1.165) is 28.6 Å². The van der Waals surface area contributed by atoms with Gasteiger partial charge in [0, 0.05) is 36.1 Å². The molecule has 0 spiro atoms. The number of aromatic nitrogens is 3. The van der Waals surface area contributed by atoms with Crippen LogP contribution < -0.4 is 10.9 Å². The Kier molecular flexibility index (Phi) is 5.51. The van der Waals surface area contributed by atoms with E-state index in [2.05, 4.69) is 15.3 Å². The molecule has 2 N–H and O–H groups in total. The van der Waals surface area contributed by atoms with E-state index in [4.69, 9.17) is 4.74 Å². The fourth-order valence-electron chi connectivity index (χ4n) is 3.45. The molecule has 6 nitrogen and oxygen atoms in total. The lowest BCUT2D eigenvalue weighted by Crippen LogP contribution is -2.21. The molecule has 0 aliphatic rings. The first kappa shape index (κ1) is 20.7. The van der Waals surface area contributed by atoms with E-state index >= 15 is 0 Å². The molecule has 4 aromatic rings. The number of benzene rings is 2. The number of hydrogen-bond acceptors (Lipinski definition) is 4. The summed E-state index contributed by atoms with van der Waals surface area (Å²) in [6.45, 7) is 1.89. The van der Waals surface area contributed by atoms with Crippen molar-refractivity contribution in [2.75, 3.05) is 12.4 Å². The molecule has 160 valence electrons. The van der Waals surface area contributed by atoms with E-state index in [1.54, 1.807) is 0 Å². The van der Waals surface area contributed by atoms with Gasteiger partial charge in [-0.25, -0.2) is 13.2 Å². The second kappa shape index (κ2) is 8.27. The molecule has 4 rings (SSSR count). The van der Waals surface area contributed by atoms with Crippen molar-refractivity contribution in [2.24, 2.45) is 0 Å². The topological polar surface area (TPSA) is 71.9 Å². The van der Waals surface area contributed by atoms with E-state index in [0.29, 0.717) is 5.69 Å². The SMILES string of the molecule is COCc1cn(Cc2cc(F)c(F)c(F)c2)c(Nc2ccc3[nH]ccc3c2C)nc1=O. The third kappa shape index (κ3) is 4.04. The Labute approximate surface area is 175 Å². The van der Waals surface area contributed by atoms with E-state index in [-0.39, 0.29) is 30.2 Å². The van der Waals surface area contributed by atoms with E-state index < -0.39 is 23.0 Å². The van der Waals surface area contributed by atoms with E-state index in [1.807, 2.05) is 31.3 Å². The quantitative estimate of drug-likeness (QED) is 0.447. The number of fused-ring (bicyclic) bond motifs is 1. The molecule has 2 heterocycles. The van der Waals surface area contributed by atoms with Gasteiger partial charge in [-0.2, -0.15) is 4.98 Å². The highest BCUT2D eigenvalue weighted by Crippen LogP contribution is 2.27. The van der Waals surface area contributed by atoms with Gasteiger partial charge in [0.15, 0.2) is 17.5 Å². The number of nitrogens with one attached hydrogen (secondary N) is 2. The van der Waals surface area contributed by atoms with Gasteiger partial charge in [0.05, 0.1) is 18.7 Å². The number of methoxy groups -OCH3 is 1. The number of aromatic amines is 1. The second-order valence-corrected chi connectivity index (χ2v) is 7.13. The molecular formula is C22H19F3N4O2. The number of hydrogen-bond donors (Lipinski definition) is 2. The Hall–Kier alpha value is -3.59. The summed E-state index contributed by atoms with van der Waals surface area (Å²) in [6, 6.07) is 7.48. The molecule has 0 bridgehead atoms. The van der Waals surface area contributed by atoms with Crippen molar-refractivity contribution in [3.63, 3.8) is 0 Å². The van der Waals surface area contributed by atoms with Crippen LogP contribution in [0.15, 0.2) is 47.5 Å². The molecule has 0 saturated heterocycles. The minimum atomic E-state index is -1.53. The molecule has 0 atom stereocenters. The van der Waals surface area contributed by atoms with E-state index in [1.165, 1.54) is 17.9 Å².